The number of para-hydroxylation sites is 1. The van der Waals surface area contributed by atoms with Crippen molar-refractivity contribution < 1.29 is 19.5 Å². The van der Waals surface area contributed by atoms with Gasteiger partial charge in [0.05, 0.1) is 0 Å². The van der Waals surface area contributed by atoms with Gasteiger partial charge in [0.25, 0.3) is 0 Å². The monoisotopic (exact) mass is 437 g/mol. The van der Waals surface area contributed by atoms with Gasteiger partial charge in [-0.15, -0.1) is 0 Å². The number of thiocarbonyl (C=S) groups is 1. The minimum Gasteiger partial charge on any atom is -0.465 e. The van der Waals surface area contributed by atoms with E-state index in [-0.39, 0.29) is 18.1 Å². The lowest BCUT2D eigenvalue weighted by Gasteiger charge is -2.33. The Kier molecular flexibility index (Phi) is 9.51. The highest BCUT2D eigenvalue weighted by atomic mass is 32.1. The van der Waals surface area contributed by atoms with Crippen LogP contribution in [0.25, 0.3) is 0 Å². The molecule has 0 fully saturated rings. The molecule has 10 heteroatoms. The van der Waals surface area contributed by atoms with Gasteiger partial charge in [0.15, 0.2) is 5.11 Å². The van der Waals surface area contributed by atoms with E-state index >= 15 is 0 Å². The van der Waals surface area contributed by atoms with Crippen LogP contribution >= 0.6 is 12.2 Å². The molecule has 30 heavy (non-hydrogen) atoms. The van der Waals surface area contributed by atoms with Crippen LogP contribution in [0, 0.1) is 0 Å². The highest BCUT2D eigenvalue weighted by Gasteiger charge is 2.27. The third kappa shape index (κ3) is 8.64. The molecule has 9 nitrogen and oxygen atoms in total. The Bertz CT molecular complexity index is 751. The Morgan fingerprint density at radius 2 is 1.77 bits per heavy atom. The molecule has 0 aliphatic heterocycles. The van der Waals surface area contributed by atoms with Gasteiger partial charge in [-0.25, -0.2) is 4.79 Å². The molecule has 1 aromatic rings. The summed E-state index contributed by atoms with van der Waals surface area (Å²) < 4.78 is 0. The summed E-state index contributed by atoms with van der Waals surface area (Å²) in [4.78, 5) is 36.9. The molecule has 166 valence electrons. The van der Waals surface area contributed by atoms with Crippen LogP contribution in [0.4, 0.5) is 10.5 Å². The molecule has 0 aliphatic rings. The van der Waals surface area contributed by atoms with Crippen molar-refractivity contribution in [1.29, 1.82) is 0 Å². The average molecular weight is 438 g/mol. The number of primary amides is 1. The first kappa shape index (κ1) is 25.2. The Morgan fingerprint density at radius 1 is 1.17 bits per heavy atom. The summed E-state index contributed by atoms with van der Waals surface area (Å²) in [6, 6.07) is 7.63. The van der Waals surface area contributed by atoms with Crippen LogP contribution in [0.5, 0.6) is 0 Å². The quantitative estimate of drug-likeness (QED) is 0.372. The fourth-order valence-corrected chi connectivity index (χ4v) is 3.00. The van der Waals surface area contributed by atoms with Crippen LogP contribution in [-0.4, -0.2) is 57.2 Å². The van der Waals surface area contributed by atoms with Crippen molar-refractivity contribution in [3.05, 3.63) is 30.3 Å². The van der Waals surface area contributed by atoms with Crippen LogP contribution in [0.3, 0.4) is 0 Å². The highest BCUT2D eigenvalue weighted by molar-refractivity contribution is 7.80. The largest absolute Gasteiger partial charge is 0.465 e. The van der Waals surface area contributed by atoms with Gasteiger partial charge in [-0.3, -0.25) is 9.59 Å². The predicted molar refractivity (Wildman–Crippen MR) is 120 cm³/mol. The molecule has 1 aromatic carbocycles. The summed E-state index contributed by atoms with van der Waals surface area (Å²) in [5.41, 5.74) is 5.61. The normalized spacial score (nSPS) is 12.9. The smallest absolute Gasteiger partial charge is 0.407 e. The molecule has 6 N–H and O–H groups in total. The molecule has 0 spiro atoms. The van der Waals surface area contributed by atoms with Gasteiger partial charge in [0.1, 0.15) is 12.1 Å². The molecule has 1 rings (SSSR count). The summed E-state index contributed by atoms with van der Waals surface area (Å²) in [5, 5.41) is 18.0. The Balaban J connectivity index is 2.56. The summed E-state index contributed by atoms with van der Waals surface area (Å²) in [7, 11) is 0. The zero-order chi connectivity index (χ0) is 22.9. The Morgan fingerprint density at radius 3 is 2.27 bits per heavy atom. The van der Waals surface area contributed by atoms with E-state index in [4.69, 9.17) is 18.0 Å². The summed E-state index contributed by atoms with van der Waals surface area (Å²) in [5.74, 6) is -1.12. The topological polar surface area (TPSA) is 137 Å². The lowest BCUT2D eigenvalue weighted by Crippen LogP contribution is -2.52. The van der Waals surface area contributed by atoms with E-state index in [1.807, 2.05) is 30.3 Å². The molecule has 2 unspecified atom stereocenters. The number of carboxylic acid groups (broad SMARTS) is 1. The number of carbonyl (C=O) groups is 3. The fourth-order valence-electron chi connectivity index (χ4n) is 2.70. The van der Waals surface area contributed by atoms with E-state index in [9.17, 15) is 19.5 Å². The highest BCUT2D eigenvalue weighted by Crippen LogP contribution is 2.15. The summed E-state index contributed by atoms with van der Waals surface area (Å²) in [6.45, 7) is 7.19. The van der Waals surface area contributed by atoms with Crippen molar-refractivity contribution in [2.24, 2.45) is 5.73 Å². The molecule has 0 aromatic heterocycles. The molecule has 0 radical (unpaired) electrons. The lowest BCUT2D eigenvalue weighted by atomic mass is 10.0. The maximum absolute atomic E-state index is 12.4. The van der Waals surface area contributed by atoms with Gasteiger partial charge >= 0.3 is 6.09 Å². The molecule has 3 amide bonds. The lowest BCUT2D eigenvalue weighted by molar-refractivity contribution is -0.128. The number of anilines is 1. The zero-order valence-corrected chi connectivity index (χ0v) is 18.6. The number of nitrogens with one attached hydrogen (secondary N) is 3. The molecular formula is C20H31N5O4S. The number of carbonyl (C=O) groups excluding carboxylic acids is 2. The van der Waals surface area contributed by atoms with E-state index in [1.165, 1.54) is 4.90 Å². The standard InChI is InChI=1S/C20H31N5O4S/c1-13(22-18(30)23-14-9-6-5-7-10-14)17(27)24-15(16(21)26)11-8-12-25(19(28)29)20(2,3)4/h5-7,9-10,13,15H,8,11-12H2,1-4H3,(H2,21,26)(H,24,27)(H,28,29)(H2,22,23,30). The van der Waals surface area contributed by atoms with Gasteiger partial charge in [0, 0.05) is 17.8 Å². The first-order chi connectivity index (χ1) is 13.9. The van der Waals surface area contributed by atoms with E-state index in [0.29, 0.717) is 6.42 Å². The second-order valence-electron chi connectivity index (χ2n) is 7.90. The molecule has 0 saturated heterocycles. The van der Waals surface area contributed by atoms with E-state index in [2.05, 4.69) is 16.0 Å². The Labute approximate surface area is 182 Å². The molecule has 0 aliphatic carbocycles. The summed E-state index contributed by atoms with van der Waals surface area (Å²) >= 11 is 5.20. The van der Waals surface area contributed by atoms with Crippen LogP contribution in [0.1, 0.15) is 40.5 Å². The van der Waals surface area contributed by atoms with Gasteiger partial charge in [-0.1, -0.05) is 18.2 Å². The SMILES string of the molecule is CC(NC(=S)Nc1ccccc1)C(=O)NC(CCCN(C(=O)O)C(C)(C)C)C(N)=O. The van der Waals surface area contributed by atoms with Crippen molar-refractivity contribution in [2.45, 2.75) is 58.2 Å². The van der Waals surface area contributed by atoms with E-state index in [0.717, 1.165) is 5.69 Å². The number of benzene rings is 1. The number of amides is 3. The number of nitrogens with two attached hydrogens (primary N) is 1. The first-order valence-electron chi connectivity index (χ1n) is 9.64. The van der Waals surface area contributed by atoms with Gasteiger partial charge in [-0.05, 0) is 64.9 Å². The maximum Gasteiger partial charge on any atom is 0.407 e. The molecule has 0 saturated carbocycles. The number of hydrogen-bond donors (Lipinski definition) is 5. The summed E-state index contributed by atoms with van der Waals surface area (Å²) in [6.07, 6.45) is -0.451. The predicted octanol–water partition coefficient (Wildman–Crippen LogP) is 1.89. The maximum atomic E-state index is 12.4. The average Bonchev–Trinajstić information content (AvgIpc) is 2.62. The van der Waals surface area contributed by atoms with Crippen molar-refractivity contribution in [1.82, 2.24) is 15.5 Å². The number of hydrogen-bond acceptors (Lipinski definition) is 4. The zero-order valence-electron chi connectivity index (χ0n) is 17.8. The minimum absolute atomic E-state index is 0.220. The van der Waals surface area contributed by atoms with E-state index in [1.54, 1.807) is 27.7 Å². The minimum atomic E-state index is -1.04. The number of rotatable bonds is 9. The molecule has 0 bridgehead atoms. The van der Waals surface area contributed by atoms with Crippen molar-refractivity contribution >= 4 is 40.9 Å². The molecule has 2 atom stereocenters. The van der Waals surface area contributed by atoms with Gasteiger partial charge in [-0.2, -0.15) is 0 Å². The van der Waals surface area contributed by atoms with Crippen LogP contribution in [0.15, 0.2) is 30.3 Å². The van der Waals surface area contributed by atoms with Crippen molar-refractivity contribution in [3.8, 4) is 0 Å². The van der Waals surface area contributed by atoms with Crippen LogP contribution in [-0.2, 0) is 9.59 Å². The van der Waals surface area contributed by atoms with Crippen LogP contribution < -0.4 is 21.7 Å². The van der Waals surface area contributed by atoms with Gasteiger partial charge in [0.2, 0.25) is 11.8 Å². The first-order valence-corrected chi connectivity index (χ1v) is 10.1. The second kappa shape index (κ2) is 11.3. The molecular weight excluding hydrogens is 406 g/mol. The number of nitrogens with zero attached hydrogens (tertiary/aromatic N) is 1. The molecule has 0 heterocycles. The second-order valence-corrected chi connectivity index (χ2v) is 8.31. The van der Waals surface area contributed by atoms with Crippen LogP contribution in [0.2, 0.25) is 0 Å². The van der Waals surface area contributed by atoms with Crippen molar-refractivity contribution in [2.75, 3.05) is 11.9 Å². The van der Waals surface area contributed by atoms with Crippen molar-refractivity contribution in [3.63, 3.8) is 0 Å². The van der Waals surface area contributed by atoms with E-state index < -0.39 is 35.5 Å². The van der Waals surface area contributed by atoms with Gasteiger partial charge < -0.3 is 31.7 Å². The third-order valence-corrected chi connectivity index (χ3v) is 4.57. The Hall–Kier alpha value is -2.88. The third-order valence-electron chi connectivity index (χ3n) is 4.35. The fraction of sp³-hybridized carbons (Fsp3) is 0.500.